The second-order valence-electron chi connectivity index (χ2n) is 3.63. The zero-order valence-electron chi connectivity index (χ0n) is 9.29. The van der Waals surface area contributed by atoms with Crippen LogP contribution in [0.15, 0.2) is 22.7 Å². The molecule has 0 aliphatic carbocycles. The number of benzene rings is 1. The molecule has 2 amide bonds. The molecule has 17 heavy (non-hydrogen) atoms. The quantitative estimate of drug-likeness (QED) is 0.620. The van der Waals surface area contributed by atoms with Crippen molar-refractivity contribution in [3.05, 3.63) is 33.8 Å². The van der Waals surface area contributed by atoms with E-state index in [4.69, 9.17) is 0 Å². The maximum atomic E-state index is 12.0. The van der Waals surface area contributed by atoms with Gasteiger partial charge in [-0.1, -0.05) is 15.9 Å². The van der Waals surface area contributed by atoms with Gasteiger partial charge < -0.3 is 0 Å². The number of imide groups is 1. The van der Waals surface area contributed by atoms with Gasteiger partial charge in [-0.05, 0) is 25.1 Å². The Balaban J connectivity index is 2.28. The molecule has 0 fully saturated rings. The van der Waals surface area contributed by atoms with E-state index in [-0.39, 0.29) is 11.8 Å². The first kappa shape index (κ1) is 11.9. The molecule has 0 saturated heterocycles. The third-order valence-electron chi connectivity index (χ3n) is 2.57. The average Bonchev–Trinajstić information content (AvgIpc) is 2.54. The monoisotopic (exact) mass is 291 g/mol. The molecule has 0 spiro atoms. The van der Waals surface area contributed by atoms with Gasteiger partial charge in [0.1, 0.15) is 0 Å². The van der Waals surface area contributed by atoms with Crippen molar-refractivity contribution >= 4 is 27.7 Å². The van der Waals surface area contributed by atoms with Crippen LogP contribution in [0.25, 0.3) is 0 Å². The molecule has 1 aliphatic rings. The van der Waals surface area contributed by atoms with Crippen molar-refractivity contribution in [1.82, 2.24) is 4.90 Å². The van der Waals surface area contributed by atoms with Gasteiger partial charge in [0.15, 0.2) is 0 Å². The van der Waals surface area contributed by atoms with Crippen LogP contribution in [-0.4, -0.2) is 23.3 Å². The summed E-state index contributed by atoms with van der Waals surface area (Å²) in [6, 6.07) is 5.12. The molecular weight excluding hydrogens is 282 g/mol. The summed E-state index contributed by atoms with van der Waals surface area (Å²) in [7, 11) is 0. The highest BCUT2D eigenvalue weighted by atomic mass is 79.9. The minimum absolute atomic E-state index is 0.226. The number of carbonyl (C=O) groups excluding carboxylic acids is 2. The fourth-order valence-electron chi connectivity index (χ4n) is 1.76. The standard InChI is InChI=1S/C13H10BrNO2/c1-2-3-4-7-15-12(16)10-6-5-9(14)8-11(10)13(15)17/h5-6,8H,4,7H2,1H3. The molecule has 2 rings (SSSR count). The lowest BCUT2D eigenvalue weighted by atomic mass is 10.1. The number of rotatable bonds is 2. The molecule has 0 atom stereocenters. The summed E-state index contributed by atoms with van der Waals surface area (Å²) in [5.74, 6) is 5.14. The van der Waals surface area contributed by atoms with Crippen LogP contribution in [0.3, 0.4) is 0 Å². The molecular formula is C13H10BrNO2. The molecule has 0 N–H and O–H groups in total. The van der Waals surface area contributed by atoms with E-state index in [1.165, 1.54) is 4.90 Å². The van der Waals surface area contributed by atoms with Gasteiger partial charge in [0, 0.05) is 17.4 Å². The molecule has 86 valence electrons. The second kappa shape index (κ2) is 4.72. The van der Waals surface area contributed by atoms with Gasteiger partial charge in [0.05, 0.1) is 11.1 Å². The first-order valence-corrected chi connectivity index (χ1v) is 6.00. The first-order valence-electron chi connectivity index (χ1n) is 5.20. The van der Waals surface area contributed by atoms with Gasteiger partial charge in [-0.3, -0.25) is 14.5 Å². The predicted octanol–water partition coefficient (Wildman–Crippen LogP) is 2.46. The Morgan fingerprint density at radius 2 is 1.94 bits per heavy atom. The maximum absolute atomic E-state index is 12.0. The Hall–Kier alpha value is -1.60. The van der Waals surface area contributed by atoms with E-state index < -0.39 is 0 Å². The van der Waals surface area contributed by atoms with Crippen LogP contribution in [0.1, 0.15) is 34.1 Å². The van der Waals surface area contributed by atoms with Gasteiger partial charge >= 0.3 is 0 Å². The topological polar surface area (TPSA) is 37.4 Å². The van der Waals surface area contributed by atoms with Gasteiger partial charge in [-0.15, -0.1) is 11.8 Å². The summed E-state index contributed by atoms with van der Waals surface area (Å²) < 4.78 is 0.799. The van der Waals surface area contributed by atoms with Crippen LogP contribution < -0.4 is 0 Å². The number of hydrogen-bond acceptors (Lipinski definition) is 2. The third-order valence-corrected chi connectivity index (χ3v) is 3.06. The van der Waals surface area contributed by atoms with Crippen molar-refractivity contribution in [3.8, 4) is 11.8 Å². The molecule has 0 saturated carbocycles. The van der Waals surface area contributed by atoms with Gasteiger partial charge in [0.25, 0.3) is 11.8 Å². The van der Waals surface area contributed by atoms with E-state index >= 15 is 0 Å². The summed E-state index contributed by atoms with van der Waals surface area (Å²) in [6.07, 6.45) is 0.517. The molecule has 1 heterocycles. The number of nitrogens with zero attached hydrogens (tertiary/aromatic N) is 1. The van der Waals surface area contributed by atoms with Gasteiger partial charge in [0.2, 0.25) is 0 Å². The highest BCUT2D eigenvalue weighted by Gasteiger charge is 2.34. The largest absolute Gasteiger partial charge is 0.273 e. The number of hydrogen-bond donors (Lipinski definition) is 0. The summed E-state index contributed by atoms with van der Waals surface area (Å²) in [4.78, 5) is 25.2. The van der Waals surface area contributed by atoms with E-state index in [1.54, 1.807) is 25.1 Å². The molecule has 4 heteroatoms. The molecule has 1 aromatic carbocycles. The lowest BCUT2D eigenvalue weighted by Gasteiger charge is -2.10. The molecule has 1 aromatic rings. The lowest BCUT2D eigenvalue weighted by molar-refractivity contribution is 0.0658. The lowest BCUT2D eigenvalue weighted by Crippen LogP contribution is -2.30. The number of carbonyl (C=O) groups is 2. The SMILES string of the molecule is CC#CCCN1C(=O)c2ccc(Br)cc2C1=O. The van der Waals surface area contributed by atoms with Crippen LogP contribution in [-0.2, 0) is 0 Å². The van der Waals surface area contributed by atoms with Crippen molar-refractivity contribution in [1.29, 1.82) is 0 Å². The average molecular weight is 292 g/mol. The van der Waals surface area contributed by atoms with E-state index in [9.17, 15) is 9.59 Å². The summed E-state index contributed by atoms with van der Waals surface area (Å²) >= 11 is 3.29. The molecule has 0 radical (unpaired) electrons. The third kappa shape index (κ3) is 2.11. The summed E-state index contributed by atoms with van der Waals surface area (Å²) in [6.45, 7) is 2.09. The molecule has 0 aromatic heterocycles. The zero-order valence-corrected chi connectivity index (χ0v) is 10.9. The molecule has 1 aliphatic heterocycles. The van der Waals surface area contributed by atoms with E-state index in [2.05, 4.69) is 27.8 Å². The number of fused-ring (bicyclic) bond motifs is 1. The molecule has 0 unspecified atom stereocenters. The van der Waals surface area contributed by atoms with Crippen LogP contribution in [0.2, 0.25) is 0 Å². The van der Waals surface area contributed by atoms with E-state index in [0.717, 1.165) is 4.47 Å². The fourth-order valence-corrected chi connectivity index (χ4v) is 2.12. The minimum atomic E-state index is -0.232. The van der Waals surface area contributed by atoms with Crippen molar-refractivity contribution in [2.45, 2.75) is 13.3 Å². The minimum Gasteiger partial charge on any atom is -0.273 e. The predicted molar refractivity (Wildman–Crippen MR) is 67.6 cm³/mol. The Morgan fingerprint density at radius 1 is 1.24 bits per heavy atom. The molecule has 3 nitrogen and oxygen atoms in total. The second-order valence-corrected chi connectivity index (χ2v) is 4.54. The number of amides is 2. The van der Waals surface area contributed by atoms with Crippen LogP contribution in [0.4, 0.5) is 0 Å². The van der Waals surface area contributed by atoms with Gasteiger partial charge in [-0.25, -0.2) is 0 Å². The smallest absolute Gasteiger partial charge is 0.261 e. The van der Waals surface area contributed by atoms with E-state index in [1.807, 2.05) is 0 Å². The fraction of sp³-hybridized carbons (Fsp3) is 0.231. The van der Waals surface area contributed by atoms with Crippen molar-refractivity contribution in [3.63, 3.8) is 0 Å². The Morgan fingerprint density at radius 3 is 2.65 bits per heavy atom. The van der Waals surface area contributed by atoms with Crippen LogP contribution in [0, 0.1) is 11.8 Å². The van der Waals surface area contributed by atoms with Crippen molar-refractivity contribution < 1.29 is 9.59 Å². The van der Waals surface area contributed by atoms with Crippen LogP contribution >= 0.6 is 15.9 Å². The maximum Gasteiger partial charge on any atom is 0.261 e. The summed E-state index contributed by atoms with van der Waals surface area (Å²) in [5, 5.41) is 0. The van der Waals surface area contributed by atoms with Crippen LogP contribution in [0.5, 0.6) is 0 Å². The Labute approximate surface area is 108 Å². The van der Waals surface area contributed by atoms with Gasteiger partial charge in [-0.2, -0.15) is 0 Å². The van der Waals surface area contributed by atoms with Crippen molar-refractivity contribution in [2.24, 2.45) is 0 Å². The Kier molecular flexibility index (Phi) is 3.30. The Bertz CT molecular complexity index is 554. The first-order chi connectivity index (χ1) is 8.15. The summed E-state index contributed by atoms with van der Waals surface area (Å²) in [5.41, 5.74) is 0.941. The zero-order chi connectivity index (χ0) is 12.4. The molecule has 0 bridgehead atoms. The van der Waals surface area contributed by atoms with Crippen molar-refractivity contribution in [2.75, 3.05) is 6.54 Å². The van der Waals surface area contributed by atoms with E-state index in [0.29, 0.717) is 24.1 Å². The highest BCUT2D eigenvalue weighted by molar-refractivity contribution is 9.10. The number of halogens is 1. The normalized spacial score (nSPS) is 13.4. The highest BCUT2D eigenvalue weighted by Crippen LogP contribution is 2.25.